The lowest BCUT2D eigenvalue weighted by molar-refractivity contribution is -0.123. The van der Waals surface area contributed by atoms with Crippen molar-refractivity contribution in [1.82, 2.24) is 20.2 Å². The van der Waals surface area contributed by atoms with E-state index in [0.29, 0.717) is 24.9 Å². The molecule has 0 unspecified atom stereocenters. The SMILES string of the molecule is O=C1CC[C@@H](NCc2cccn2-c2ccccn2)[C@H](c2cc(F)cc(F)c2)N1. The van der Waals surface area contributed by atoms with Gasteiger partial charge in [-0.15, -0.1) is 0 Å². The summed E-state index contributed by atoms with van der Waals surface area (Å²) in [6.07, 6.45) is 4.62. The minimum absolute atomic E-state index is 0.121. The third-order valence-electron chi connectivity index (χ3n) is 4.92. The number of rotatable bonds is 5. The fourth-order valence-corrected chi connectivity index (χ4v) is 3.61. The predicted octanol–water partition coefficient (Wildman–Crippen LogP) is 3.26. The van der Waals surface area contributed by atoms with Crippen LogP contribution >= 0.6 is 0 Å². The molecule has 0 bridgehead atoms. The fraction of sp³-hybridized carbons (Fsp3) is 0.238. The van der Waals surface area contributed by atoms with Gasteiger partial charge < -0.3 is 15.2 Å². The van der Waals surface area contributed by atoms with Gasteiger partial charge in [-0.05, 0) is 48.4 Å². The van der Waals surface area contributed by atoms with Gasteiger partial charge in [-0.25, -0.2) is 13.8 Å². The number of carbonyl (C=O) groups is 1. The smallest absolute Gasteiger partial charge is 0.220 e. The number of halogens is 2. The second kappa shape index (κ2) is 7.90. The maximum Gasteiger partial charge on any atom is 0.220 e. The van der Waals surface area contributed by atoms with Crippen LogP contribution in [-0.4, -0.2) is 21.5 Å². The van der Waals surface area contributed by atoms with Crippen molar-refractivity contribution >= 4 is 5.91 Å². The van der Waals surface area contributed by atoms with Crippen LogP contribution in [0.25, 0.3) is 5.82 Å². The van der Waals surface area contributed by atoms with Crippen LogP contribution in [0.4, 0.5) is 8.78 Å². The summed E-state index contributed by atoms with van der Waals surface area (Å²) in [5, 5.41) is 6.29. The molecule has 1 amide bonds. The summed E-state index contributed by atoms with van der Waals surface area (Å²) in [5.41, 5.74) is 1.42. The monoisotopic (exact) mass is 382 g/mol. The number of nitrogens with zero attached hydrogens (tertiary/aromatic N) is 2. The van der Waals surface area contributed by atoms with E-state index in [4.69, 9.17) is 0 Å². The molecule has 2 atom stereocenters. The summed E-state index contributed by atoms with van der Waals surface area (Å²) in [6.45, 7) is 0.526. The summed E-state index contributed by atoms with van der Waals surface area (Å²) in [7, 11) is 0. The van der Waals surface area contributed by atoms with Crippen molar-refractivity contribution in [2.45, 2.75) is 31.5 Å². The van der Waals surface area contributed by atoms with Gasteiger partial charge in [0.05, 0.1) is 6.04 Å². The molecule has 2 N–H and O–H groups in total. The van der Waals surface area contributed by atoms with Crippen molar-refractivity contribution in [3.05, 3.63) is 83.8 Å². The Bertz CT molecular complexity index is 953. The van der Waals surface area contributed by atoms with Crippen molar-refractivity contribution in [2.75, 3.05) is 0 Å². The number of nitrogens with one attached hydrogen (secondary N) is 2. The van der Waals surface area contributed by atoms with Crippen LogP contribution in [0.5, 0.6) is 0 Å². The molecule has 0 radical (unpaired) electrons. The van der Waals surface area contributed by atoms with Crippen molar-refractivity contribution in [3.8, 4) is 5.82 Å². The molecule has 1 saturated heterocycles. The van der Waals surface area contributed by atoms with E-state index < -0.39 is 17.7 Å². The zero-order chi connectivity index (χ0) is 19.5. The van der Waals surface area contributed by atoms with Gasteiger partial charge in [-0.1, -0.05) is 6.07 Å². The van der Waals surface area contributed by atoms with Gasteiger partial charge in [0.25, 0.3) is 0 Å². The Morgan fingerprint density at radius 1 is 1.14 bits per heavy atom. The number of benzene rings is 1. The second-order valence-corrected chi connectivity index (χ2v) is 6.83. The molecule has 2 aromatic heterocycles. The Hall–Kier alpha value is -3.06. The van der Waals surface area contributed by atoms with Crippen molar-refractivity contribution in [3.63, 3.8) is 0 Å². The first-order valence-corrected chi connectivity index (χ1v) is 9.16. The number of hydrogen-bond acceptors (Lipinski definition) is 3. The second-order valence-electron chi connectivity index (χ2n) is 6.83. The Morgan fingerprint density at radius 2 is 1.96 bits per heavy atom. The average Bonchev–Trinajstić information content (AvgIpc) is 3.15. The molecule has 3 aromatic rings. The van der Waals surface area contributed by atoms with E-state index in [-0.39, 0.29) is 11.9 Å². The van der Waals surface area contributed by atoms with Gasteiger partial charge in [0, 0.05) is 43.2 Å². The molecule has 1 aliphatic rings. The molecule has 5 nitrogen and oxygen atoms in total. The maximum absolute atomic E-state index is 13.7. The molecule has 7 heteroatoms. The minimum Gasteiger partial charge on any atom is -0.348 e. The molecule has 144 valence electrons. The van der Waals surface area contributed by atoms with Gasteiger partial charge in [-0.2, -0.15) is 0 Å². The van der Waals surface area contributed by atoms with Crippen LogP contribution in [0.1, 0.15) is 30.1 Å². The largest absolute Gasteiger partial charge is 0.348 e. The lowest BCUT2D eigenvalue weighted by atomic mass is 9.91. The van der Waals surface area contributed by atoms with Crippen molar-refractivity contribution < 1.29 is 13.6 Å². The molecular weight excluding hydrogens is 362 g/mol. The molecular formula is C21H20F2N4O. The lowest BCUT2D eigenvalue weighted by Gasteiger charge is -2.33. The van der Waals surface area contributed by atoms with Crippen LogP contribution in [-0.2, 0) is 11.3 Å². The highest BCUT2D eigenvalue weighted by Gasteiger charge is 2.30. The molecule has 0 aliphatic carbocycles. The van der Waals surface area contributed by atoms with Gasteiger partial charge in [0.15, 0.2) is 0 Å². The van der Waals surface area contributed by atoms with Crippen molar-refractivity contribution in [2.24, 2.45) is 0 Å². The van der Waals surface area contributed by atoms with Crippen LogP contribution in [0.15, 0.2) is 60.9 Å². The average molecular weight is 382 g/mol. The zero-order valence-electron chi connectivity index (χ0n) is 15.1. The summed E-state index contributed by atoms with van der Waals surface area (Å²) in [4.78, 5) is 16.3. The van der Waals surface area contributed by atoms with Gasteiger partial charge in [-0.3, -0.25) is 4.79 Å². The van der Waals surface area contributed by atoms with Crippen LogP contribution < -0.4 is 10.6 Å². The molecule has 1 aliphatic heterocycles. The Labute approximate surface area is 161 Å². The lowest BCUT2D eigenvalue weighted by Crippen LogP contribution is -2.48. The zero-order valence-corrected chi connectivity index (χ0v) is 15.1. The summed E-state index contributed by atoms with van der Waals surface area (Å²) < 4.78 is 29.3. The van der Waals surface area contributed by atoms with E-state index in [1.165, 1.54) is 12.1 Å². The van der Waals surface area contributed by atoms with E-state index in [2.05, 4.69) is 15.6 Å². The number of carbonyl (C=O) groups excluding carboxylic acids is 1. The summed E-state index contributed by atoms with van der Waals surface area (Å²) in [5.74, 6) is -0.621. The van der Waals surface area contributed by atoms with Crippen LogP contribution in [0.2, 0.25) is 0 Å². The van der Waals surface area contributed by atoms with Crippen LogP contribution in [0, 0.1) is 11.6 Å². The maximum atomic E-state index is 13.7. The minimum atomic E-state index is -0.655. The van der Waals surface area contributed by atoms with E-state index in [0.717, 1.165) is 17.6 Å². The molecule has 4 rings (SSSR count). The molecule has 3 heterocycles. The highest BCUT2D eigenvalue weighted by Crippen LogP contribution is 2.26. The highest BCUT2D eigenvalue weighted by atomic mass is 19.1. The van der Waals surface area contributed by atoms with E-state index in [9.17, 15) is 13.6 Å². The number of pyridine rings is 1. The first kappa shape index (κ1) is 18.3. The molecule has 0 spiro atoms. The molecule has 0 saturated carbocycles. The van der Waals surface area contributed by atoms with Gasteiger partial charge in [0.1, 0.15) is 17.5 Å². The van der Waals surface area contributed by atoms with Crippen LogP contribution in [0.3, 0.4) is 0 Å². The van der Waals surface area contributed by atoms with E-state index >= 15 is 0 Å². The summed E-state index contributed by atoms with van der Waals surface area (Å²) in [6, 6.07) is 12.3. The Morgan fingerprint density at radius 3 is 2.71 bits per heavy atom. The Balaban J connectivity index is 1.53. The highest BCUT2D eigenvalue weighted by molar-refractivity contribution is 5.77. The number of piperidine rings is 1. The number of amides is 1. The number of hydrogen-bond donors (Lipinski definition) is 2. The Kier molecular flexibility index (Phi) is 5.16. The summed E-state index contributed by atoms with van der Waals surface area (Å²) >= 11 is 0. The fourth-order valence-electron chi connectivity index (χ4n) is 3.61. The predicted molar refractivity (Wildman–Crippen MR) is 101 cm³/mol. The normalized spacial score (nSPS) is 19.4. The van der Waals surface area contributed by atoms with E-state index in [1.54, 1.807) is 6.20 Å². The van der Waals surface area contributed by atoms with Crippen molar-refractivity contribution in [1.29, 1.82) is 0 Å². The van der Waals surface area contributed by atoms with Gasteiger partial charge >= 0.3 is 0 Å². The quantitative estimate of drug-likeness (QED) is 0.712. The first-order valence-electron chi connectivity index (χ1n) is 9.16. The topological polar surface area (TPSA) is 59.0 Å². The third kappa shape index (κ3) is 3.94. The molecule has 1 fully saturated rings. The number of aromatic nitrogens is 2. The standard InChI is InChI=1S/C21H20F2N4O/c22-15-10-14(11-16(23)12-15)21-18(6-7-20(28)26-21)25-13-17-4-3-9-27(17)19-5-1-2-8-24-19/h1-5,8-12,18,21,25H,6-7,13H2,(H,26,28)/t18-,21+/m1/s1. The first-order chi connectivity index (χ1) is 13.6. The van der Waals surface area contributed by atoms with Gasteiger partial charge in [0.2, 0.25) is 5.91 Å². The molecule has 1 aromatic carbocycles. The molecule has 28 heavy (non-hydrogen) atoms. The van der Waals surface area contributed by atoms with E-state index in [1.807, 2.05) is 41.1 Å². The third-order valence-corrected chi connectivity index (χ3v) is 4.92.